The van der Waals surface area contributed by atoms with E-state index in [1.54, 1.807) is 30.3 Å². The first-order valence-corrected chi connectivity index (χ1v) is 9.08. The smallest absolute Gasteiger partial charge is 0.331 e. The Morgan fingerprint density at radius 3 is 2.65 bits per heavy atom. The van der Waals surface area contributed by atoms with Gasteiger partial charge < -0.3 is 10.1 Å². The lowest BCUT2D eigenvalue weighted by Crippen LogP contribution is -2.18. The minimum Gasteiger partial charge on any atom is -0.454 e. The molecular weight excluding hydrogens is 397 g/mol. The fourth-order valence-corrected chi connectivity index (χ4v) is 3.23. The van der Waals surface area contributed by atoms with Crippen molar-refractivity contribution in [3.63, 3.8) is 0 Å². The zero-order valence-corrected chi connectivity index (χ0v) is 16.1. The summed E-state index contributed by atoms with van der Waals surface area (Å²) in [4.78, 5) is 36.0. The topological polar surface area (TPSA) is 72.5 Å². The number of carbonyl (C=O) groups excluding carboxylic acids is 3. The number of esters is 1. The van der Waals surface area contributed by atoms with Gasteiger partial charge in [-0.2, -0.15) is 0 Å². The number of rotatable bonds is 7. The fourth-order valence-electron chi connectivity index (χ4n) is 1.88. The van der Waals surface area contributed by atoms with Crippen molar-refractivity contribution >= 4 is 58.3 Å². The molecule has 0 spiro atoms. The van der Waals surface area contributed by atoms with Crippen molar-refractivity contribution in [1.82, 2.24) is 5.32 Å². The molecule has 0 atom stereocenters. The highest BCUT2D eigenvalue weighted by Crippen LogP contribution is 2.22. The minimum atomic E-state index is -0.653. The molecule has 1 N–H and O–H groups in total. The molecule has 0 aliphatic carbocycles. The van der Waals surface area contributed by atoms with Crippen LogP contribution in [0.15, 0.2) is 36.4 Å². The molecule has 0 bridgehead atoms. The summed E-state index contributed by atoms with van der Waals surface area (Å²) in [6, 6.07) is 8.27. The number of Topliss-reactive ketones (excluding diaryl/α,β-unsaturated/α-hetero) is 1. The van der Waals surface area contributed by atoms with E-state index in [9.17, 15) is 14.4 Å². The highest BCUT2D eigenvalue weighted by atomic mass is 35.5. The second-order valence-electron chi connectivity index (χ2n) is 5.21. The number of carbonyl (C=O) groups is 3. The second kappa shape index (κ2) is 9.52. The number of halogens is 2. The molecule has 136 valence electrons. The van der Waals surface area contributed by atoms with Gasteiger partial charge in [0, 0.05) is 27.9 Å². The maximum Gasteiger partial charge on any atom is 0.331 e. The molecule has 8 heteroatoms. The van der Waals surface area contributed by atoms with Crippen LogP contribution in [-0.2, 0) is 20.9 Å². The van der Waals surface area contributed by atoms with Gasteiger partial charge in [0.05, 0.1) is 11.4 Å². The third kappa shape index (κ3) is 6.29. The first-order chi connectivity index (χ1) is 12.3. The third-order valence-corrected chi connectivity index (χ3v) is 4.84. The number of nitrogens with one attached hydrogen (secondary N) is 1. The van der Waals surface area contributed by atoms with Crippen molar-refractivity contribution in [2.45, 2.75) is 13.5 Å². The average Bonchev–Trinajstić information content (AvgIpc) is 3.06. The van der Waals surface area contributed by atoms with E-state index in [1.807, 2.05) is 0 Å². The molecule has 0 unspecified atom stereocenters. The van der Waals surface area contributed by atoms with Gasteiger partial charge in [0.15, 0.2) is 6.61 Å². The Kier molecular flexibility index (Phi) is 7.38. The lowest BCUT2D eigenvalue weighted by molar-refractivity contribution is -0.136. The van der Waals surface area contributed by atoms with Crippen molar-refractivity contribution in [3.8, 4) is 0 Å². The van der Waals surface area contributed by atoms with Crippen LogP contribution in [0.5, 0.6) is 0 Å². The number of ether oxygens (including phenoxy) is 1. The molecule has 1 heterocycles. The Morgan fingerprint density at radius 1 is 1.19 bits per heavy atom. The highest BCUT2D eigenvalue weighted by Gasteiger charge is 2.12. The van der Waals surface area contributed by atoms with Crippen LogP contribution in [0.2, 0.25) is 10.0 Å². The zero-order chi connectivity index (χ0) is 19.1. The van der Waals surface area contributed by atoms with Crippen molar-refractivity contribution in [2.75, 3.05) is 6.61 Å². The fraction of sp³-hybridized carbons (Fsp3) is 0.167. The number of thiophene rings is 1. The van der Waals surface area contributed by atoms with E-state index in [0.29, 0.717) is 27.0 Å². The van der Waals surface area contributed by atoms with Crippen molar-refractivity contribution in [2.24, 2.45) is 0 Å². The highest BCUT2D eigenvalue weighted by molar-refractivity contribution is 7.14. The lowest BCUT2D eigenvalue weighted by atomic mass is 10.2. The predicted molar refractivity (Wildman–Crippen MR) is 103 cm³/mol. The largest absolute Gasteiger partial charge is 0.454 e. The van der Waals surface area contributed by atoms with Crippen LogP contribution in [0.3, 0.4) is 0 Å². The van der Waals surface area contributed by atoms with Crippen LogP contribution in [0.1, 0.15) is 27.0 Å². The molecule has 5 nitrogen and oxygen atoms in total. The van der Waals surface area contributed by atoms with Gasteiger partial charge in [0.1, 0.15) is 0 Å². The summed E-state index contributed by atoms with van der Waals surface area (Å²) in [5, 5.41) is 3.55. The molecule has 2 rings (SSSR count). The molecule has 1 aromatic heterocycles. The van der Waals surface area contributed by atoms with Gasteiger partial charge in [-0.1, -0.05) is 29.3 Å². The summed E-state index contributed by atoms with van der Waals surface area (Å²) >= 11 is 13.0. The van der Waals surface area contributed by atoms with Crippen molar-refractivity contribution in [1.29, 1.82) is 0 Å². The predicted octanol–water partition coefficient (Wildman–Crippen LogP) is 4.13. The monoisotopic (exact) mass is 411 g/mol. The summed E-state index contributed by atoms with van der Waals surface area (Å²) in [6.07, 6.45) is 2.68. The zero-order valence-electron chi connectivity index (χ0n) is 13.8. The van der Waals surface area contributed by atoms with Crippen molar-refractivity contribution in [3.05, 3.63) is 61.8 Å². The molecule has 26 heavy (non-hydrogen) atoms. The number of amides is 1. The van der Waals surface area contributed by atoms with E-state index in [4.69, 9.17) is 27.9 Å². The Morgan fingerprint density at radius 2 is 1.96 bits per heavy atom. The summed E-state index contributed by atoms with van der Waals surface area (Å²) in [5.74, 6) is -1.11. The van der Waals surface area contributed by atoms with E-state index in [2.05, 4.69) is 5.32 Å². The molecule has 0 radical (unpaired) electrons. The van der Waals surface area contributed by atoms with Gasteiger partial charge in [-0.05, 0) is 35.9 Å². The maximum absolute atomic E-state index is 12.1. The number of benzene rings is 1. The molecule has 1 amide bonds. The van der Waals surface area contributed by atoms with Gasteiger partial charge >= 0.3 is 5.97 Å². The van der Waals surface area contributed by atoms with Crippen molar-refractivity contribution < 1.29 is 19.1 Å². The third-order valence-electron chi connectivity index (χ3n) is 3.16. The summed E-state index contributed by atoms with van der Waals surface area (Å²) in [5.41, 5.74) is 0.611. The summed E-state index contributed by atoms with van der Waals surface area (Å²) in [6.45, 7) is 1.42. The van der Waals surface area contributed by atoms with Crippen LogP contribution in [0.4, 0.5) is 0 Å². The van der Waals surface area contributed by atoms with E-state index >= 15 is 0 Å². The number of ketones is 1. The van der Waals surface area contributed by atoms with Gasteiger partial charge in [0.25, 0.3) is 0 Å². The normalized spacial score (nSPS) is 10.7. The quantitative estimate of drug-likeness (QED) is 0.422. The van der Waals surface area contributed by atoms with Crippen LogP contribution >= 0.6 is 34.5 Å². The summed E-state index contributed by atoms with van der Waals surface area (Å²) < 4.78 is 4.94. The molecule has 0 saturated heterocycles. The van der Waals surface area contributed by atoms with E-state index < -0.39 is 5.97 Å². The number of hydrogen-bond donors (Lipinski definition) is 1. The molecule has 0 fully saturated rings. The Labute approximate surface area is 164 Å². The van der Waals surface area contributed by atoms with Crippen LogP contribution in [0.25, 0.3) is 6.08 Å². The molecule has 0 aliphatic rings. The average molecular weight is 412 g/mol. The maximum atomic E-state index is 12.1. The van der Waals surface area contributed by atoms with E-state index in [-0.39, 0.29) is 18.3 Å². The van der Waals surface area contributed by atoms with Gasteiger partial charge in [-0.3, -0.25) is 9.59 Å². The van der Waals surface area contributed by atoms with E-state index in [1.165, 1.54) is 30.4 Å². The summed E-state index contributed by atoms with van der Waals surface area (Å²) in [7, 11) is 0. The number of hydrogen-bond acceptors (Lipinski definition) is 5. The van der Waals surface area contributed by atoms with Crippen LogP contribution in [0, 0.1) is 0 Å². The van der Waals surface area contributed by atoms with Gasteiger partial charge in [-0.25, -0.2) is 4.79 Å². The Balaban J connectivity index is 1.85. The SMILES string of the molecule is CC(=O)NCc1ccc(C(=O)COC(=O)/C=C/c2ccc(Cl)cc2Cl)s1. The lowest BCUT2D eigenvalue weighted by Gasteiger charge is -2.01. The van der Waals surface area contributed by atoms with E-state index in [0.717, 1.165) is 4.88 Å². The molecule has 0 saturated carbocycles. The minimum absolute atomic E-state index is 0.146. The second-order valence-corrected chi connectivity index (χ2v) is 7.22. The molecule has 1 aromatic carbocycles. The molecule has 2 aromatic rings. The first-order valence-electron chi connectivity index (χ1n) is 7.51. The van der Waals surface area contributed by atoms with Crippen LogP contribution in [-0.4, -0.2) is 24.3 Å². The first kappa shape index (κ1) is 20.2. The Bertz CT molecular complexity index is 861. The Hall–Kier alpha value is -2.15. The van der Waals surface area contributed by atoms with Crippen LogP contribution < -0.4 is 5.32 Å². The van der Waals surface area contributed by atoms with Gasteiger partial charge in [-0.15, -0.1) is 11.3 Å². The standard InChI is InChI=1S/C18H15Cl2NO4S/c1-11(22)21-9-14-5-6-17(26-14)16(23)10-25-18(24)7-3-12-2-4-13(19)8-15(12)20/h2-8H,9-10H2,1H3,(H,21,22)/b7-3+. The molecular formula is C18H15Cl2NO4S. The molecule has 0 aliphatic heterocycles. The van der Waals surface area contributed by atoms with Gasteiger partial charge in [0.2, 0.25) is 11.7 Å².